The molecule has 0 spiro atoms. The summed E-state index contributed by atoms with van der Waals surface area (Å²) in [5.41, 5.74) is 0.599. The van der Waals surface area contributed by atoms with E-state index in [2.05, 4.69) is 4.72 Å². The Balaban J connectivity index is 1.52. The molecule has 0 bridgehead atoms. The Morgan fingerprint density at radius 2 is 1.82 bits per heavy atom. The van der Waals surface area contributed by atoms with Gasteiger partial charge in [0.05, 0.1) is 12.2 Å². The van der Waals surface area contributed by atoms with Crippen LogP contribution in [0.1, 0.15) is 18.4 Å². The van der Waals surface area contributed by atoms with Crippen molar-refractivity contribution >= 4 is 15.9 Å². The summed E-state index contributed by atoms with van der Waals surface area (Å²) in [5.74, 6) is -0.947. The Hall–Kier alpha value is -2.25. The minimum absolute atomic E-state index is 0.163. The smallest absolute Gasteiger partial charge is 0.229 e. The molecule has 3 atom stereocenters. The number of carbonyl (C=O) groups is 1. The Morgan fingerprint density at radius 3 is 2.54 bits per heavy atom. The highest BCUT2D eigenvalue weighted by Gasteiger charge is 2.62. The number of halogens is 1. The number of amides is 1. The molecule has 1 saturated heterocycles. The minimum Gasteiger partial charge on any atom is -0.341 e. The van der Waals surface area contributed by atoms with Crippen molar-refractivity contribution in [2.24, 2.45) is 5.92 Å². The highest BCUT2D eigenvalue weighted by molar-refractivity contribution is 7.88. The van der Waals surface area contributed by atoms with Crippen molar-refractivity contribution in [1.29, 1.82) is 0 Å². The van der Waals surface area contributed by atoms with Crippen LogP contribution in [-0.4, -0.2) is 44.6 Å². The second-order valence-corrected chi connectivity index (χ2v) is 9.47. The third-order valence-corrected chi connectivity index (χ3v) is 6.29. The topological polar surface area (TPSA) is 66.5 Å². The van der Waals surface area contributed by atoms with Gasteiger partial charge in [-0.2, -0.15) is 0 Å². The summed E-state index contributed by atoms with van der Waals surface area (Å²) in [6, 6.07) is 16.6. The lowest BCUT2D eigenvalue weighted by atomic mass is 9.94. The molecule has 1 heterocycles. The lowest BCUT2D eigenvalue weighted by Gasteiger charge is -2.19. The van der Waals surface area contributed by atoms with Gasteiger partial charge >= 0.3 is 0 Å². The molecular formula is C21H23FN2O3S. The van der Waals surface area contributed by atoms with Gasteiger partial charge in [-0.05, 0) is 23.1 Å². The molecule has 1 aliphatic heterocycles. The minimum atomic E-state index is -3.33. The summed E-state index contributed by atoms with van der Waals surface area (Å²) in [6.45, 7) is 0.734. The van der Waals surface area contributed by atoms with Crippen molar-refractivity contribution in [3.8, 4) is 11.1 Å². The van der Waals surface area contributed by atoms with Crippen molar-refractivity contribution in [3.63, 3.8) is 0 Å². The highest BCUT2D eigenvalue weighted by atomic mass is 32.2. The maximum atomic E-state index is 15.8. The number of hydrogen-bond donors (Lipinski definition) is 1. The number of likely N-dealkylation sites (tertiary alicyclic amines) is 1. The molecule has 1 aliphatic carbocycles. The number of nitrogens with zero attached hydrogens (tertiary/aromatic N) is 1. The quantitative estimate of drug-likeness (QED) is 0.836. The lowest BCUT2D eigenvalue weighted by molar-refractivity contribution is -0.132. The van der Waals surface area contributed by atoms with Crippen molar-refractivity contribution in [1.82, 2.24) is 9.62 Å². The van der Waals surface area contributed by atoms with E-state index in [0.29, 0.717) is 25.1 Å². The van der Waals surface area contributed by atoms with Gasteiger partial charge in [0.2, 0.25) is 15.9 Å². The first-order chi connectivity index (χ1) is 13.3. The average Bonchev–Trinajstić information content (AvgIpc) is 3.15. The van der Waals surface area contributed by atoms with Gasteiger partial charge in [-0.3, -0.25) is 4.79 Å². The summed E-state index contributed by atoms with van der Waals surface area (Å²) >= 11 is 0. The van der Waals surface area contributed by atoms with Crippen LogP contribution >= 0.6 is 0 Å². The molecule has 2 aromatic carbocycles. The van der Waals surface area contributed by atoms with Gasteiger partial charge < -0.3 is 4.90 Å². The number of benzene rings is 2. The first-order valence-electron chi connectivity index (χ1n) is 9.38. The largest absolute Gasteiger partial charge is 0.341 e. The Kier molecular flexibility index (Phi) is 4.75. The second kappa shape index (κ2) is 6.97. The molecule has 1 amide bonds. The van der Waals surface area contributed by atoms with Gasteiger partial charge in [0.25, 0.3) is 0 Å². The molecule has 0 aromatic heterocycles. The van der Waals surface area contributed by atoms with Crippen LogP contribution in [0.3, 0.4) is 0 Å². The van der Waals surface area contributed by atoms with Crippen LogP contribution in [0.4, 0.5) is 4.39 Å². The third-order valence-electron chi connectivity index (χ3n) is 5.53. The maximum absolute atomic E-state index is 15.8. The zero-order valence-corrected chi connectivity index (χ0v) is 16.5. The van der Waals surface area contributed by atoms with E-state index in [1.807, 2.05) is 42.5 Å². The van der Waals surface area contributed by atoms with Gasteiger partial charge in [0.15, 0.2) is 0 Å². The van der Waals surface area contributed by atoms with Crippen molar-refractivity contribution in [2.45, 2.75) is 24.6 Å². The van der Waals surface area contributed by atoms with Crippen LogP contribution in [0.2, 0.25) is 0 Å². The average molecular weight is 402 g/mol. The normalized spacial score (nSPS) is 27.0. The molecule has 3 unspecified atom stereocenters. The summed E-state index contributed by atoms with van der Waals surface area (Å²) in [5, 5.41) is 0. The van der Waals surface area contributed by atoms with E-state index in [1.165, 1.54) is 0 Å². The predicted molar refractivity (Wildman–Crippen MR) is 106 cm³/mol. The second-order valence-electron chi connectivity index (χ2n) is 7.69. The van der Waals surface area contributed by atoms with Gasteiger partial charge in [-0.1, -0.05) is 54.6 Å². The standard InChI is InChI=1S/C21H23FN2O3S/c1-28(26,27)23-16-11-12-24(14-16)20(25)19-13-21(19,22)18-10-6-5-9-17(18)15-7-3-2-4-8-15/h2-10,16,19,23H,11-14H2,1H3. The summed E-state index contributed by atoms with van der Waals surface area (Å²) in [4.78, 5) is 14.4. The van der Waals surface area contributed by atoms with Gasteiger partial charge in [0.1, 0.15) is 5.67 Å². The summed E-state index contributed by atoms with van der Waals surface area (Å²) in [7, 11) is -3.33. The molecule has 148 valence electrons. The van der Waals surface area contributed by atoms with Crippen molar-refractivity contribution < 1.29 is 17.6 Å². The zero-order valence-electron chi connectivity index (χ0n) is 15.6. The van der Waals surface area contributed by atoms with E-state index in [0.717, 1.165) is 17.4 Å². The van der Waals surface area contributed by atoms with E-state index in [-0.39, 0.29) is 18.4 Å². The van der Waals surface area contributed by atoms with Crippen LogP contribution in [0.15, 0.2) is 54.6 Å². The van der Waals surface area contributed by atoms with Crippen LogP contribution in [0.25, 0.3) is 11.1 Å². The molecule has 5 nitrogen and oxygen atoms in total. The van der Waals surface area contributed by atoms with Crippen LogP contribution < -0.4 is 4.72 Å². The molecule has 7 heteroatoms. The highest BCUT2D eigenvalue weighted by Crippen LogP contribution is 2.58. The van der Waals surface area contributed by atoms with Gasteiger partial charge in [0, 0.05) is 25.6 Å². The molecule has 2 fully saturated rings. The first kappa shape index (κ1) is 19.1. The van der Waals surface area contributed by atoms with Crippen LogP contribution in [0.5, 0.6) is 0 Å². The fraction of sp³-hybridized carbons (Fsp3) is 0.381. The van der Waals surface area contributed by atoms with Gasteiger partial charge in [-0.25, -0.2) is 17.5 Å². The Bertz CT molecular complexity index is 996. The summed E-state index contributed by atoms with van der Waals surface area (Å²) in [6.07, 6.45) is 1.81. The number of sulfonamides is 1. The number of nitrogens with one attached hydrogen (secondary N) is 1. The molecule has 2 aliphatic rings. The monoisotopic (exact) mass is 402 g/mol. The fourth-order valence-electron chi connectivity index (χ4n) is 4.11. The third kappa shape index (κ3) is 3.69. The van der Waals surface area contributed by atoms with E-state index >= 15 is 4.39 Å². The van der Waals surface area contributed by atoms with Crippen LogP contribution in [-0.2, 0) is 20.5 Å². The van der Waals surface area contributed by atoms with E-state index in [1.54, 1.807) is 17.0 Å². The predicted octanol–water partition coefficient (Wildman–Crippen LogP) is 2.69. The summed E-state index contributed by atoms with van der Waals surface area (Å²) < 4.78 is 41.1. The zero-order chi connectivity index (χ0) is 19.9. The first-order valence-corrected chi connectivity index (χ1v) is 11.3. The van der Waals surface area contributed by atoms with E-state index in [9.17, 15) is 13.2 Å². The molecule has 1 N–H and O–H groups in total. The molecule has 4 rings (SSSR count). The van der Waals surface area contributed by atoms with Crippen molar-refractivity contribution in [3.05, 3.63) is 60.2 Å². The van der Waals surface area contributed by atoms with Gasteiger partial charge in [-0.15, -0.1) is 0 Å². The number of alkyl halides is 1. The van der Waals surface area contributed by atoms with E-state index in [4.69, 9.17) is 0 Å². The van der Waals surface area contributed by atoms with Crippen molar-refractivity contribution in [2.75, 3.05) is 19.3 Å². The molecule has 1 saturated carbocycles. The number of hydrogen-bond acceptors (Lipinski definition) is 3. The Morgan fingerprint density at radius 1 is 1.14 bits per heavy atom. The Labute approximate surface area is 164 Å². The fourth-order valence-corrected chi connectivity index (χ4v) is 4.91. The number of rotatable bonds is 5. The molecule has 28 heavy (non-hydrogen) atoms. The maximum Gasteiger partial charge on any atom is 0.229 e. The molecule has 0 radical (unpaired) electrons. The SMILES string of the molecule is CS(=O)(=O)NC1CCN(C(=O)C2CC2(F)c2ccccc2-c2ccccc2)C1. The number of carbonyl (C=O) groups excluding carboxylic acids is 1. The van der Waals surface area contributed by atoms with E-state index < -0.39 is 21.6 Å². The lowest BCUT2D eigenvalue weighted by Crippen LogP contribution is -2.38. The molecule has 2 aromatic rings. The molecular weight excluding hydrogens is 379 g/mol. The van der Waals surface area contributed by atoms with Crippen LogP contribution in [0, 0.1) is 5.92 Å².